The van der Waals surface area contributed by atoms with Gasteiger partial charge in [0, 0.05) is 31.1 Å². The van der Waals surface area contributed by atoms with Gasteiger partial charge in [0.15, 0.2) is 0 Å². The Hall–Kier alpha value is -3.93. The summed E-state index contributed by atoms with van der Waals surface area (Å²) in [5, 5.41) is 5.73. The van der Waals surface area contributed by atoms with Crippen LogP contribution >= 0.6 is 0 Å². The molecule has 3 aromatic rings. The van der Waals surface area contributed by atoms with Crippen molar-refractivity contribution in [3.8, 4) is 11.1 Å². The second kappa shape index (κ2) is 12.9. The van der Waals surface area contributed by atoms with E-state index in [0.717, 1.165) is 42.5 Å². The Morgan fingerprint density at radius 1 is 0.811 bits per heavy atom. The predicted molar refractivity (Wildman–Crippen MR) is 145 cm³/mol. The van der Waals surface area contributed by atoms with Gasteiger partial charge in [-0.05, 0) is 78.5 Å². The van der Waals surface area contributed by atoms with Crippen molar-refractivity contribution in [1.29, 1.82) is 0 Å². The number of benzene rings is 3. The molecule has 0 aromatic heterocycles. The summed E-state index contributed by atoms with van der Waals surface area (Å²) >= 11 is 0. The lowest BCUT2D eigenvalue weighted by Crippen LogP contribution is -2.27. The molecule has 192 valence electrons. The van der Waals surface area contributed by atoms with Crippen molar-refractivity contribution >= 4 is 23.5 Å². The van der Waals surface area contributed by atoms with Crippen molar-refractivity contribution in [2.75, 3.05) is 18.5 Å². The van der Waals surface area contributed by atoms with Crippen molar-refractivity contribution in [2.45, 2.75) is 44.9 Å². The SMILES string of the molecule is CC(=O)OCC1CCC(c2ccc(NC(=O)CCNC(=O)c3ccc(-c4ccccc4)cc3)cc2)CC1. The van der Waals surface area contributed by atoms with Crippen LogP contribution in [0, 0.1) is 5.92 Å². The summed E-state index contributed by atoms with van der Waals surface area (Å²) in [6.07, 6.45) is 4.46. The van der Waals surface area contributed by atoms with Gasteiger partial charge in [0.1, 0.15) is 0 Å². The minimum atomic E-state index is -0.212. The molecule has 0 spiro atoms. The normalized spacial score (nSPS) is 17.0. The summed E-state index contributed by atoms with van der Waals surface area (Å²) in [6.45, 7) is 2.24. The molecule has 6 heteroatoms. The summed E-state index contributed by atoms with van der Waals surface area (Å²) in [7, 11) is 0. The number of carbonyl (C=O) groups is 3. The van der Waals surface area contributed by atoms with E-state index in [1.807, 2.05) is 54.6 Å². The number of hydrogen-bond acceptors (Lipinski definition) is 4. The summed E-state index contributed by atoms with van der Waals surface area (Å²) < 4.78 is 5.16. The Labute approximate surface area is 218 Å². The average Bonchev–Trinajstić information content (AvgIpc) is 2.93. The van der Waals surface area contributed by atoms with Crippen LogP contribution in [0.1, 0.15) is 60.9 Å². The molecular formula is C31H34N2O4. The highest BCUT2D eigenvalue weighted by atomic mass is 16.5. The molecule has 1 saturated carbocycles. The molecule has 4 rings (SSSR count). The number of esters is 1. The molecule has 0 heterocycles. The van der Waals surface area contributed by atoms with Gasteiger partial charge < -0.3 is 15.4 Å². The van der Waals surface area contributed by atoms with Gasteiger partial charge >= 0.3 is 5.97 Å². The first-order valence-corrected chi connectivity index (χ1v) is 12.9. The first-order chi connectivity index (χ1) is 18.0. The Kier molecular flexibility index (Phi) is 9.08. The van der Waals surface area contributed by atoms with E-state index in [-0.39, 0.29) is 30.7 Å². The van der Waals surface area contributed by atoms with E-state index in [1.165, 1.54) is 12.5 Å². The van der Waals surface area contributed by atoms with Crippen LogP contribution in [0.4, 0.5) is 5.69 Å². The van der Waals surface area contributed by atoms with Crippen LogP contribution < -0.4 is 10.6 Å². The maximum atomic E-state index is 12.4. The summed E-state index contributed by atoms with van der Waals surface area (Å²) in [5.41, 5.74) is 4.74. The van der Waals surface area contributed by atoms with Crippen molar-refractivity contribution in [2.24, 2.45) is 5.92 Å². The first kappa shape index (κ1) is 26.1. The lowest BCUT2D eigenvalue weighted by atomic mass is 9.79. The number of amides is 2. The zero-order valence-electron chi connectivity index (χ0n) is 21.2. The van der Waals surface area contributed by atoms with Gasteiger partial charge in [0.2, 0.25) is 5.91 Å². The highest BCUT2D eigenvalue weighted by Crippen LogP contribution is 2.36. The maximum Gasteiger partial charge on any atom is 0.302 e. The zero-order valence-corrected chi connectivity index (χ0v) is 21.2. The smallest absolute Gasteiger partial charge is 0.302 e. The summed E-state index contributed by atoms with van der Waals surface area (Å²) in [4.78, 5) is 35.8. The van der Waals surface area contributed by atoms with Crippen LogP contribution in [0.2, 0.25) is 0 Å². The summed E-state index contributed by atoms with van der Waals surface area (Å²) in [5.74, 6) is 0.400. The molecule has 37 heavy (non-hydrogen) atoms. The van der Waals surface area contributed by atoms with E-state index in [0.29, 0.717) is 24.0 Å². The van der Waals surface area contributed by atoms with Crippen molar-refractivity contribution in [1.82, 2.24) is 5.32 Å². The molecule has 3 aromatic carbocycles. The van der Waals surface area contributed by atoms with Crippen LogP contribution in [-0.4, -0.2) is 30.9 Å². The Morgan fingerprint density at radius 3 is 2.11 bits per heavy atom. The fraction of sp³-hybridized carbons (Fsp3) is 0.323. The lowest BCUT2D eigenvalue weighted by molar-refractivity contribution is -0.142. The highest BCUT2D eigenvalue weighted by molar-refractivity contribution is 5.95. The third-order valence-electron chi connectivity index (χ3n) is 6.93. The third-order valence-corrected chi connectivity index (χ3v) is 6.93. The molecule has 6 nitrogen and oxygen atoms in total. The number of nitrogens with one attached hydrogen (secondary N) is 2. The van der Waals surface area contributed by atoms with Gasteiger partial charge in [-0.3, -0.25) is 14.4 Å². The van der Waals surface area contributed by atoms with E-state index in [2.05, 4.69) is 22.8 Å². The Bertz CT molecular complexity index is 1180. The molecule has 0 unspecified atom stereocenters. The van der Waals surface area contributed by atoms with E-state index in [4.69, 9.17) is 4.74 Å². The van der Waals surface area contributed by atoms with E-state index >= 15 is 0 Å². The third kappa shape index (κ3) is 7.78. The number of ether oxygens (including phenoxy) is 1. The second-order valence-corrected chi connectivity index (χ2v) is 9.64. The lowest BCUT2D eigenvalue weighted by Gasteiger charge is -2.28. The van der Waals surface area contributed by atoms with Gasteiger partial charge in [0.05, 0.1) is 6.61 Å². The molecule has 1 fully saturated rings. The molecule has 0 atom stereocenters. The standard InChI is InChI=1S/C31H34N2O4/c1-22(34)37-21-23-7-9-25(10-8-23)27-15-17-29(18-16-27)33-30(35)19-20-32-31(36)28-13-11-26(12-14-28)24-5-3-2-4-6-24/h2-6,11-18,23,25H,7-10,19-21H2,1H3,(H,32,36)(H,33,35). The summed E-state index contributed by atoms with van der Waals surface area (Å²) in [6, 6.07) is 25.5. The highest BCUT2D eigenvalue weighted by Gasteiger charge is 2.23. The van der Waals surface area contributed by atoms with Crippen LogP contribution in [0.25, 0.3) is 11.1 Å². The van der Waals surface area contributed by atoms with Gasteiger partial charge in [-0.15, -0.1) is 0 Å². The topological polar surface area (TPSA) is 84.5 Å². The van der Waals surface area contributed by atoms with E-state index < -0.39 is 0 Å². The molecule has 0 aliphatic heterocycles. The van der Waals surface area contributed by atoms with Gasteiger partial charge in [-0.2, -0.15) is 0 Å². The first-order valence-electron chi connectivity index (χ1n) is 12.9. The van der Waals surface area contributed by atoms with Crippen molar-refractivity contribution in [3.63, 3.8) is 0 Å². The largest absolute Gasteiger partial charge is 0.466 e. The van der Waals surface area contributed by atoms with Gasteiger partial charge in [-0.25, -0.2) is 0 Å². The Morgan fingerprint density at radius 2 is 1.46 bits per heavy atom. The monoisotopic (exact) mass is 498 g/mol. The predicted octanol–water partition coefficient (Wildman–Crippen LogP) is 5.95. The minimum absolute atomic E-state index is 0.140. The fourth-order valence-corrected chi connectivity index (χ4v) is 4.80. The average molecular weight is 499 g/mol. The number of anilines is 1. The van der Waals surface area contributed by atoms with Crippen LogP contribution in [-0.2, 0) is 14.3 Å². The van der Waals surface area contributed by atoms with Crippen LogP contribution in [0.15, 0.2) is 78.9 Å². The molecule has 1 aliphatic rings. The molecule has 0 radical (unpaired) electrons. The number of hydrogen-bond donors (Lipinski definition) is 2. The molecule has 1 aliphatic carbocycles. The van der Waals surface area contributed by atoms with Gasteiger partial charge in [-0.1, -0.05) is 54.6 Å². The fourth-order valence-electron chi connectivity index (χ4n) is 4.80. The molecule has 0 saturated heterocycles. The van der Waals surface area contributed by atoms with Crippen molar-refractivity contribution < 1.29 is 19.1 Å². The second-order valence-electron chi connectivity index (χ2n) is 9.64. The van der Waals surface area contributed by atoms with E-state index in [9.17, 15) is 14.4 Å². The molecule has 2 amide bonds. The molecule has 0 bridgehead atoms. The number of rotatable bonds is 9. The van der Waals surface area contributed by atoms with Crippen LogP contribution in [0.3, 0.4) is 0 Å². The maximum absolute atomic E-state index is 12.4. The van der Waals surface area contributed by atoms with Crippen molar-refractivity contribution in [3.05, 3.63) is 90.0 Å². The quantitative estimate of drug-likeness (QED) is 0.357. The molecule has 2 N–H and O–H groups in total. The minimum Gasteiger partial charge on any atom is -0.466 e. The Balaban J connectivity index is 1.17. The van der Waals surface area contributed by atoms with Gasteiger partial charge in [0.25, 0.3) is 5.91 Å². The molecular weight excluding hydrogens is 464 g/mol. The zero-order chi connectivity index (χ0) is 26.0. The number of carbonyl (C=O) groups excluding carboxylic acids is 3. The van der Waals surface area contributed by atoms with E-state index in [1.54, 1.807) is 12.1 Å². The van der Waals surface area contributed by atoms with Crippen LogP contribution in [0.5, 0.6) is 0 Å².